The van der Waals surface area contributed by atoms with Gasteiger partial charge in [0, 0.05) is 18.0 Å². The quantitative estimate of drug-likeness (QED) is 0.530. The summed E-state index contributed by atoms with van der Waals surface area (Å²) in [6.07, 6.45) is 2.65. The molecule has 0 aliphatic carbocycles. The van der Waals surface area contributed by atoms with Crippen LogP contribution in [0.4, 0.5) is 0 Å². The van der Waals surface area contributed by atoms with Crippen molar-refractivity contribution in [2.24, 2.45) is 0 Å². The minimum atomic E-state index is -1.03. The normalized spacial score (nSPS) is 11.3. The molecule has 1 atom stereocenters. The monoisotopic (exact) mass is 281 g/mol. The molecule has 20 heavy (non-hydrogen) atoms. The number of nitrogens with zero attached hydrogens (tertiary/aromatic N) is 1. The molecule has 0 aliphatic heterocycles. The Labute approximate surface area is 115 Å². The fourth-order valence-corrected chi connectivity index (χ4v) is 1.31. The van der Waals surface area contributed by atoms with E-state index in [0.717, 1.165) is 0 Å². The molecule has 0 bridgehead atoms. The second-order valence-corrected chi connectivity index (χ2v) is 3.69. The molecular formula is C12H15N3O5. The summed E-state index contributed by atoms with van der Waals surface area (Å²) in [6, 6.07) is 1.98. The molecule has 108 valence electrons. The number of rotatable bonds is 6. The zero-order valence-electron chi connectivity index (χ0n) is 11.1. The summed E-state index contributed by atoms with van der Waals surface area (Å²) in [5.74, 6) is -1.76. The number of amides is 1. The number of aromatic nitrogens is 1. The van der Waals surface area contributed by atoms with E-state index >= 15 is 0 Å². The first-order chi connectivity index (χ1) is 9.58. The van der Waals surface area contributed by atoms with Crippen molar-refractivity contribution in [3.05, 3.63) is 30.1 Å². The van der Waals surface area contributed by atoms with Crippen molar-refractivity contribution in [2.75, 3.05) is 14.2 Å². The lowest BCUT2D eigenvalue weighted by atomic mass is 10.2. The van der Waals surface area contributed by atoms with Gasteiger partial charge in [0.15, 0.2) is 0 Å². The molecule has 0 unspecified atom stereocenters. The molecule has 0 saturated carbocycles. The van der Waals surface area contributed by atoms with Gasteiger partial charge in [0.25, 0.3) is 5.91 Å². The van der Waals surface area contributed by atoms with Crippen LogP contribution in [0.3, 0.4) is 0 Å². The lowest BCUT2D eigenvalue weighted by Crippen LogP contribution is -2.49. The van der Waals surface area contributed by atoms with Crippen LogP contribution in [-0.4, -0.2) is 43.1 Å². The minimum Gasteiger partial charge on any atom is -0.469 e. The first-order valence-corrected chi connectivity index (χ1v) is 5.69. The van der Waals surface area contributed by atoms with Crippen molar-refractivity contribution < 1.29 is 23.9 Å². The Kier molecular flexibility index (Phi) is 6.11. The number of ether oxygens (including phenoxy) is 2. The van der Waals surface area contributed by atoms with Crippen LogP contribution in [0.2, 0.25) is 0 Å². The molecule has 0 radical (unpaired) electrons. The van der Waals surface area contributed by atoms with Crippen LogP contribution in [0.15, 0.2) is 24.5 Å². The number of carbonyl (C=O) groups is 3. The lowest BCUT2D eigenvalue weighted by molar-refractivity contribution is -0.149. The van der Waals surface area contributed by atoms with Gasteiger partial charge in [0.1, 0.15) is 6.04 Å². The van der Waals surface area contributed by atoms with Gasteiger partial charge in [0.2, 0.25) is 0 Å². The predicted molar refractivity (Wildman–Crippen MR) is 67.3 cm³/mol. The van der Waals surface area contributed by atoms with Gasteiger partial charge in [-0.25, -0.2) is 5.43 Å². The van der Waals surface area contributed by atoms with Crippen molar-refractivity contribution in [2.45, 2.75) is 12.5 Å². The average molecular weight is 281 g/mol. The first-order valence-electron chi connectivity index (χ1n) is 5.69. The number of carbonyl (C=O) groups excluding carboxylic acids is 3. The largest absolute Gasteiger partial charge is 0.469 e. The van der Waals surface area contributed by atoms with Gasteiger partial charge in [-0.15, -0.1) is 0 Å². The summed E-state index contributed by atoms with van der Waals surface area (Å²) in [4.78, 5) is 38.1. The van der Waals surface area contributed by atoms with Crippen molar-refractivity contribution in [1.82, 2.24) is 15.8 Å². The summed E-state index contributed by atoms with van der Waals surface area (Å²) in [7, 11) is 2.38. The molecule has 1 rings (SSSR count). The van der Waals surface area contributed by atoms with Crippen LogP contribution in [0.5, 0.6) is 0 Å². The van der Waals surface area contributed by atoms with Crippen molar-refractivity contribution in [3.63, 3.8) is 0 Å². The predicted octanol–water partition coefficient (Wildman–Crippen LogP) is -0.579. The summed E-state index contributed by atoms with van der Waals surface area (Å²) in [5.41, 5.74) is 5.11. The van der Waals surface area contributed by atoms with E-state index in [9.17, 15) is 14.4 Å². The van der Waals surface area contributed by atoms with Crippen LogP contribution in [0.25, 0.3) is 0 Å². The van der Waals surface area contributed by atoms with E-state index in [1.165, 1.54) is 38.7 Å². The average Bonchev–Trinajstić information content (AvgIpc) is 2.50. The van der Waals surface area contributed by atoms with Gasteiger partial charge in [-0.1, -0.05) is 0 Å². The van der Waals surface area contributed by atoms with Crippen LogP contribution >= 0.6 is 0 Å². The smallest absolute Gasteiger partial charge is 0.325 e. The van der Waals surface area contributed by atoms with Gasteiger partial charge in [-0.2, -0.15) is 0 Å². The topological polar surface area (TPSA) is 107 Å². The molecule has 0 saturated heterocycles. The van der Waals surface area contributed by atoms with Crippen LogP contribution in [-0.2, 0) is 19.1 Å². The molecule has 1 amide bonds. The lowest BCUT2D eigenvalue weighted by Gasteiger charge is -2.15. The fourth-order valence-electron chi connectivity index (χ4n) is 1.31. The number of esters is 2. The molecule has 8 nitrogen and oxygen atoms in total. The number of nitrogens with one attached hydrogen (secondary N) is 2. The van der Waals surface area contributed by atoms with Gasteiger partial charge >= 0.3 is 11.9 Å². The molecule has 1 aromatic heterocycles. The van der Waals surface area contributed by atoms with Crippen molar-refractivity contribution >= 4 is 17.8 Å². The summed E-state index contributed by atoms with van der Waals surface area (Å²) in [5, 5.41) is 0. The third kappa shape index (κ3) is 4.65. The molecule has 0 aromatic carbocycles. The maximum Gasteiger partial charge on any atom is 0.325 e. The van der Waals surface area contributed by atoms with E-state index < -0.39 is 23.9 Å². The van der Waals surface area contributed by atoms with Crippen molar-refractivity contribution in [3.8, 4) is 0 Å². The number of hydrazine groups is 1. The highest BCUT2D eigenvalue weighted by Crippen LogP contribution is 1.98. The Hall–Kier alpha value is -2.48. The van der Waals surface area contributed by atoms with Crippen LogP contribution in [0, 0.1) is 0 Å². The van der Waals surface area contributed by atoms with E-state index in [1.807, 2.05) is 0 Å². The van der Waals surface area contributed by atoms with E-state index in [2.05, 4.69) is 25.3 Å². The van der Waals surface area contributed by atoms with Gasteiger partial charge in [-0.05, 0) is 12.1 Å². The molecule has 0 spiro atoms. The Morgan fingerprint density at radius 3 is 2.40 bits per heavy atom. The number of hydrogen-bond donors (Lipinski definition) is 2. The highest BCUT2D eigenvalue weighted by molar-refractivity contribution is 5.94. The molecule has 8 heteroatoms. The number of hydrogen-bond acceptors (Lipinski definition) is 7. The Bertz CT molecular complexity index is 477. The molecule has 0 fully saturated rings. The highest BCUT2D eigenvalue weighted by Gasteiger charge is 2.23. The molecule has 0 aliphatic rings. The Balaban J connectivity index is 2.60. The van der Waals surface area contributed by atoms with Crippen LogP contribution in [0.1, 0.15) is 16.8 Å². The highest BCUT2D eigenvalue weighted by atomic mass is 16.5. The summed E-state index contributed by atoms with van der Waals surface area (Å²) < 4.78 is 8.98. The van der Waals surface area contributed by atoms with E-state index in [0.29, 0.717) is 5.56 Å². The zero-order chi connectivity index (χ0) is 15.0. The van der Waals surface area contributed by atoms with E-state index in [-0.39, 0.29) is 6.42 Å². The van der Waals surface area contributed by atoms with Crippen molar-refractivity contribution in [1.29, 1.82) is 0 Å². The second kappa shape index (κ2) is 7.85. The number of methoxy groups -OCH3 is 2. The Morgan fingerprint density at radius 1 is 1.20 bits per heavy atom. The van der Waals surface area contributed by atoms with Crippen LogP contribution < -0.4 is 10.9 Å². The standard InChI is InChI=1S/C12H15N3O5/c1-19-10(16)7-9(12(18)20-2)14-15-11(17)8-3-5-13-6-4-8/h3-6,9,14H,7H2,1-2H3,(H,15,17)/t9-/m0/s1. The zero-order valence-corrected chi connectivity index (χ0v) is 11.1. The van der Waals surface area contributed by atoms with Gasteiger partial charge in [0.05, 0.1) is 20.6 Å². The third-order valence-corrected chi connectivity index (χ3v) is 2.39. The third-order valence-electron chi connectivity index (χ3n) is 2.39. The fraction of sp³-hybridized carbons (Fsp3) is 0.333. The molecule has 1 aromatic rings. The van der Waals surface area contributed by atoms with E-state index in [1.54, 1.807) is 0 Å². The van der Waals surface area contributed by atoms with Gasteiger partial charge in [-0.3, -0.25) is 24.8 Å². The van der Waals surface area contributed by atoms with E-state index in [4.69, 9.17) is 0 Å². The number of pyridine rings is 1. The molecule has 2 N–H and O–H groups in total. The maximum atomic E-state index is 11.7. The minimum absolute atomic E-state index is 0.264. The Morgan fingerprint density at radius 2 is 1.85 bits per heavy atom. The SMILES string of the molecule is COC(=O)C[C@H](NNC(=O)c1ccncc1)C(=O)OC. The maximum absolute atomic E-state index is 11.7. The molecular weight excluding hydrogens is 266 g/mol. The molecule has 1 heterocycles. The first kappa shape index (κ1) is 15.6. The second-order valence-electron chi connectivity index (χ2n) is 3.69. The summed E-state index contributed by atoms with van der Waals surface area (Å²) in [6.45, 7) is 0. The van der Waals surface area contributed by atoms with Gasteiger partial charge < -0.3 is 9.47 Å². The summed E-state index contributed by atoms with van der Waals surface area (Å²) >= 11 is 0.